The number of ether oxygens (including phenoxy) is 1. The van der Waals surface area contributed by atoms with Crippen molar-refractivity contribution in [2.45, 2.75) is 83.5 Å². The molecule has 0 radical (unpaired) electrons. The van der Waals surface area contributed by atoms with Crippen LogP contribution in [0.5, 0.6) is 0 Å². The third-order valence-electron chi connectivity index (χ3n) is 3.97. The summed E-state index contributed by atoms with van der Waals surface area (Å²) in [5.74, 6) is 0. The van der Waals surface area contributed by atoms with E-state index in [9.17, 15) is 5.26 Å². The zero-order chi connectivity index (χ0) is 13.6. The molecule has 1 fully saturated rings. The first kappa shape index (κ1) is 15.5. The summed E-state index contributed by atoms with van der Waals surface area (Å²) < 4.78 is 6.17. The van der Waals surface area contributed by atoms with Gasteiger partial charge in [0.1, 0.15) is 5.54 Å². The van der Waals surface area contributed by atoms with Gasteiger partial charge in [-0.15, -0.1) is 0 Å². The second-order valence-electron chi connectivity index (χ2n) is 6.07. The third kappa shape index (κ3) is 4.26. The molecule has 0 bridgehead atoms. The predicted molar refractivity (Wildman–Crippen MR) is 74.3 cm³/mol. The van der Waals surface area contributed by atoms with Crippen LogP contribution in [-0.4, -0.2) is 23.8 Å². The third-order valence-corrected chi connectivity index (χ3v) is 3.97. The first-order valence-electron chi connectivity index (χ1n) is 7.31. The van der Waals surface area contributed by atoms with Crippen LogP contribution in [0.4, 0.5) is 0 Å². The fourth-order valence-electron chi connectivity index (χ4n) is 2.53. The minimum Gasteiger partial charge on any atom is -0.372 e. The summed E-state index contributed by atoms with van der Waals surface area (Å²) in [7, 11) is 0. The molecule has 0 aromatic carbocycles. The summed E-state index contributed by atoms with van der Waals surface area (Å²) in [5, 5.41) is 12.9. The van der Waals surface area contributed by atoms with Gasteiger partial charge in [0, 0.05) is 6.42 Å². The lowest BCUT2D eigenvalue weighted by atomic mass is 9.80. The lowest BCUT2D eigenvalue weighted by molar-refractivity contribution is -0.0945. The first-order valence-corrected chi connectivity index (χ1v) is 7.31. The highest BCUT2D eigenvalue weighted by Gasteiger charge is 2.38. The summed E-state index contributed by atoms with van der Waals surface area (Å²) in [4.78, 5) is 0. The van der Waals surface area contributed by atoms with Crippen LogP contribution >= 0.6 is 0 Å². The number of nitrogens with one attached hydrogen (secondary N) is 1. The van der Waals surface area contributed by atoms with Crippen LogP contribution in [0.25, 0.3) is 0 Å². The monoisotopic (exact) mass is 252 g/mol. The van der Waals surface area contributed by atoms with Crippen LogP contribution in [0.15, 0.2) is 0 Å². The Kier molecular flexibility index (Phi) is 5.62. The summed E-state index contributed by atoms with van der Waals surface area (Å²) >= 11 is 0. The quantitative estimate of drug-likeness (QED) is 0.788. The number of hydrogen-bond donors (Lipinski definition) is 1. The molecular weight excluding hydrogens is 224 g/mol. The van der Waals surface area contributed by atoms with Crippen LogP contribution in [0.2, 0.25) is 0 Å². The average molecular weight is 252 g/mol. The molecule has 1 aliphatic carbocycles. The normalized spacial score (nSPS) is 28.9. The highest BCUT2D eigenvalue weighted by atomic mass is 16.5. The van der Waals surface area contributed by atoms with Crippen molar-refractivity contribution in [2.24, 2.45) is 0 Å². The summed E-state index contributed by atoms with van der Waals surface area (Å²) in [5.41, 5.74) is -0.434. The van der Waals surface area contributed by atoms with Crippen molar-refractivity contribution in [2.75, 3.05) is 6.54 Å². The van der Waals surface area contributed by atoms with E-state index in [1.165, 1.54) is 0 Å². The maximum Gasteiger partial charge on any atom is 0.109 e. The Labute approximate surface area is 112 Å². The molecule has 1 N–H and O–H groups in total. The van der Waals surface area contributed by atoms with Gasteiger partial charge < -0.3 is 4.74 Å². The van der Waals surface area contributed by atoms with E-state index in [2.05, 4.69) is 39.1 Å². The number of rotatable bonds is 6. The maximum atomic E-state index is 9.47. The van der Waals surface area contributed by atoms with Gasteiger partial charge >= 0.3 is 0 Å². The Hall–Kier alpha value is -0.590. The van der Waals surface area contributed by atoms with Crippen LogP contribution in [0, 0.1) is 11.3 Å². The minimum absolute atomic E-state index is 0.0754. The molecular formula is C15H28N2O. The Morgan fingerprint density at radius 2 is 2.17 bits per heavy atom. The molecule has 0 spiro atoms. The smallest absolute Gasteiger partial charge is 0.109 e. The zero-order valence-corrected chi connectivity index (χ0v) is 12.4. The Bertz CT molecular complexity index is 295. The van der Waals surface area contributed by atoms with E-state index < -0.39 is 0 Å². The highest BCUT2D eigenvalue weighted by molar-refractivity contribution is 5.10. The van der Waals surface area contributed by atoms with Gasteiger partial charge in [-0.25, -0.2) is 0 Å². The molecule has 3 heteroatoms. The Morgan fingerprint density at radius 3 is 2.72 bits per heavy atom. The van der Waals surface area contributed by atoms with Crippen molar-refractivity contribution in [1.82, 2.24) is 5.32 Å². The molecule has 104 valence electrons. The summed E-state index contributed by atoms with van der Waals surface area (Å²) in [6.07, 6.45) is 6.23. The van der Waals surface area contributed by atoms with Gasteiger partial charge in [-0.2, -0.15) is 5.26 Å². The molecule has 0 aromatic heterocycles. The van der Waals surface area contributed by atoms with Crippen molar-refractivity contribution in [3.05, 3.63) is 0 Å². The van der Waals surface area contributed by atoms with E-state index in [0.717, 1.165) is 45.1 Å². The molecule has 2 atom stereocenters. The number of hydrogen-bond acceptors (Lipinski definition) is 3. The van der Waals surface area contributed by atoms with Crippen molar-refractivity contribution in [3.63, 3.8) is 0 Å². The largest absolute Gasteiger partial charge is 0.372 e. The molecule has 3 nitrogen and oxygen atoms in total. The summed E-state index contributed by atoms with van der Waals surface area (Å²) in [6.45, 7) is 9.46. The van der Waals surface area contributed by atoms with Crippen molar-refractivity contribution < 1.29 is 4.74 Å². The highest BCUT2D eigenvalue weighted by Crippen LogP contribution is 2.32. The number of nitriles is 1. The van der Waals surface area contributed by atoms with Gasteiger partial charge in [0.15, 0.2) is 0 Å². The van der Waals surface area contributed by atoms with E-state index >= 15 is 0 Å². The van der Waals surface area contributed by atoms with E-state index in [0.29, 0.717) is 0 Å². The standard InChI is InChI=1S/C15H28N2O/c1-5-10-17-15(12-16)9-7-8-13(11-15)18-14(3,4)6-2/h13,17H,5-11H2,1-4H3. The van der Waals surface area contributed by atoms with Gasteiger partial charge in [0.2, 0.25) is 0 Å². The van der Waals surface area contributed by atoms with E-state index in [1.54, 1.807) is 0 Å². The minimum atomic E-state index is -0.358. The molecule has 0 amide bonds. The van der Waals surface area contributed by atoms with Crippen molar-refractivity contribution in [1.29, 1.82) is 5.26 Å². The SMILES string of the molecule is CCCNC1(C#N)CCCC(OC(C)(C)CC)C1. The van der Waals surface area contributed by atoms with E-state index in [-0.39, 0.29) is 17.2 Å². The summed E-state index contributed by atoms with van der Waals surface area (Å²) in [6, 6.07) is 2.49. The lowest BCUT2D eigenvalue weighted by Gasteiger charge is -2.39. The molecule has 18 heavy (non-hydrogen) atoms. The number of nitrogens with zero attached hydrogens (tertiary/aromatic N) is 1. The van der Waals surface area contributed by atoms with Crippen LogP contribution in [0.3, 0.4) is 0 Å². The molecule has 0 aromatic rings. The molecule has 0 saturated heterocycles. The molecule has 0 heterocycles. The molecule has 1 rings (SSSR count). The molecule has 0 aliphatic heterocycles. The van der Waals surface area contributed by atoms with Crippen LogP contribution < -0.4 is 5.32 Å². The van der Waals surface area contributed by atoms with Gasteiger partial charge in [-0.1, -0.05) is 13.8 Å². The Morgan fingerprint density at radius 1 is 1.44 bits per heavy atom. The van der Waals surface area contributed by atoms with Crippen LogP contribution in [0.1, 0.15) is 66.2 Å². The van der Waals surface area contributed by atoms with Crippen LogP contribution in [-0.2, 0) is 4.74 Å². The zero-order valence-electron chi connectivity index (χ0n) is 12.4. The average Bonchev–Trinajstić information content (AvgIpc) is 2.36. The maximum absolute atomic E-state index is 9.47. The molecule has 2 unspecified atom stereocenters. The molecule has 1 saturated carbocycles. The topological polar surface area (TPSA) is 45.0 Å². The van der Waals surface area contributed by atoms with Gasteiger partial charge in [-0.05, 0) is 52.5 Å². The van der Waals surface area contributed by atoms with Gasteiger partial charge in [-0.3, -0.25) is 5.32 Å². The fourth-order valence-corrected chi connectivity index (χ4v) is 2.53. The fraction of sp³-hybridized carbons (Fsp3) is 0.933. The second-order valence-corrected chi connectivity index (χ2v) is 6.07. The lowest BCUT2D eigenvalue weighted by Crippen LogP contribution is -2.50. The van der Waals surface area contributed by atoms with Gasteiger partial charge in [0.25, 0.3) is 0 Å². The Balaban J connectivity index is 2.61. The predicted octanol–water partition coefficient (Wildman–Crippen LogP) is 3.40. The van der Waals surface area contributed by atoms with Gasteiger partial charge in [0.05, 0.1) is 17.8 Å². The van der Waals surface area contributed by atoms with Crippen molar-refractivity contribution in [3.8, 4) is 6.07 Å². The van der Waals surface area contributed by atoms with E-state index in [4.69, 9.17) is 4.74 Å². The second kappa shape index (κ2) is 6.54. The van der Waals surface area contributed by atoms with E-state index in [1.807, 2.05) is 0 Å². The molecule has 1 aliphatic rings. The van der Waals surface area contributed by atoms with Crippen molar-refractivity contribution >= 4 is 0 Å². The first-order chi connectivity index (χ1) is 8.47.